The van der Waals surface area contributed by atoms with Gasteiger partial charge in [-0.15, -0.1) is 0 Å². The fourth-order valence-corrected chi connectivity index (χ4v) is 3.04. The number of hydrogen-bond acceptors (Lipinski definition) is 3. The molecule has 2 N–H and O–H groups in total. The molecule has 0 spiro atoms. The highest BCUT2D eigenvalue weighted by Crippen LogP contribution is 2.26. The molecule has 0 bridgehead atoms. The fourth-order valence-electron chi connectivity index (χ4n) is 3.04. The Morgan fingerprint density at radius 1 is 1.50 bits per heavy atom. The van der Waals surface area contributed by atoms with E-state index in [9.17, 15) is 9.90 Å². The van der Waals surface area contributed by atoms with Gasteiger partial charge in [0.25, 0.3) is 5.91 Å². The van der Waals surface area contributed by atoms with Gasteiger partial charge < -0.3 is 10.0 Å². The first-order valence-electron chi connectivity index (χ1n) is 7.07. The third kappa shape index (κ3) is 2.08. The maximum absolute atomic E-state index is 12.7. The van der Waals surface area contributed by atoms with Gasteiger partial charge in [-0.2, -0.15) is 5.10 Å². The van der Waals surface area contributed by atoms with Gasteiger partial charge in [-0.05, 0) is 24.8 Å². The van der Waals surface area contributed by atoms with Crippen LogP contribution in [0.15, 0.2) is 24.3 Å². The van der Waals surface area contributed by atoms with Crippen molar-refractivity contribution in [1.82, 2.24) is 15.1 Å². The van der Waals surface area contributed by atoms with Crippen LogP contribution in [0.3, 0.4) is 0 Å². The summed E-state index contributed by atoms with van der Waals surface area (Å²) in [6, 6.07) is 7.51. The van der Waals surface area contributed by atoms with Crippen LogP contribution in [0.4, 0.5) is 0 Å². The predicted molar refractivity (Wildman–Crippen MR) is 76.4 cm³/mol. The molecule has 1 aromatic heterocycles. The topological polar surface area (TPSA) is 69.2 Å². The van der Waals surface area contributed by atoms with Crippen molar-refractivity contribution in [2.45, 2.75) is 25.8 Å². The Bertz CT molecular complexity index is 622. The van der Waals surface area contributed by atoms with Gasteiger partial charge in [-0.1, -0.05) is 25.1 Å². The van der Waals surface area contributed by atoms with E-state index in [1.54, 1.807) is 4.90 Å². The molecule has 2 atom stereocenters. The molecule has 2 unspecified atom stereocenters. The van der Waals surface area contributed by atoms with E-state index in [1.807, 2.05) is 24.3 Å². The van der Waals surface area contributed by atoms with Crippen LogP contribution < -0.4 is 0 Å². The van der Waals surface area contributed by atoms with Crippen molar-refractivity contribution in [3.8, 4) is 0 Å². The molecule has 1 amide bonds. The zero-order chi connectivity index (χ0) is 14.1. The van der Waals surface area contributed by atoms with Crippen molar-refractivity contribution in [2.24, 2.45) is 5.92 Å². The number of hydrogen-bond donors (Lipinski definition) is 2. The second-order valence-electron chi connectivity index (χ2n) is 5.49. The van der Waals surface area contributed by atoms with Crippen LogP contribution in [-0.2, 0) is 0 Å². The minimum absolute atomic E-state index is 0.00919. The third-order valence-corrected chi connectivity index (χ3v) is 4.24. The van der Waals surface area contributed by atoms with Crippen LogP contribution in [0.25, 0.3) is 10.9 Å². The molecule has 20 heavy (non-hydrogen) atoms. The number of likely N-dealkylation sites (tertiary alicyclic amines) is 1. The molecular formula is C15H19N3O2. The third-order valence-electron chi connectivity index (χ3n) is 4.24. The summed E-state index contributed by atoms with van der Waals surface area (Å²) >= 11 is 0. The van der Waals surface area contributed by atoms with E-state index in [1.165, 1.54) is 0 Å². The normalized spacial score (nSPS) is 23.2. The van der Waals surface area contributed by atoms with E-state index in [2.05, 4.69) is 17.1 Å². The largest absolute Gasteiger partial charge is 0.394 e. The fraction of sp³-hybridized carbons (Fsp3) is 0.467. The smallest absolute Gasteiger partial charge is 0.275 e. The van der Waals surface area contributed by atoms with E-state index >= 15 is 0 Å². The van der Waals surface area contributed by atoms with Gasteiger partial charge in [-0.3, -0.25) is 9.89 Å². The van der Waals surface area contributed by atoms with Gasteiger partial charge >= 0.3 is 0 Å². The first-order valence-corrected chi connectivity index (χ1v) is 7.07. The number of carbonyl (C=O) groups excluding carboxylic acids is 1. The lowest BCUT2D eigenvalue weighted by atomic mass is 9.91. The van der Waals surface area contributed by atoms with Crippen molar-refractivity contribution < 1.29 is 9.90 Å². The molecule has 1 saturated heterocycles. The van der Waals surface area contributed by atoms with Crippen molar-refractivity contribution in [2.75, 3.05) is 13.2 Å². The van der Waals surface area contributed by atoms with Crippen LogP contribution in [0, 0.1) is 5.92 Å². The van der Waals surface area contributed by atoms with E-state index in [4.69, 9.17) is 0 Å². The average Bonchev–Trinajstić information content (AvgIpc) is 2.90. The van der Waals surface area contributed by atoms with Gasteiger partial charge in [0.2, 0.25) is 0 Å². The Morgan fingerprint density at radius 3 is 3.10 bits per heavy atom. The highest BCUT2D eigenvalue weighted by Gasteiger charge is 2.33. The first kappa shape index (κ1) is 13.1. The zero-order valence-electron chi connectivity index (χ0n) is 11.5. The van der Waals surface area contributed by atoms with Crippen molar-refractivity contribution in [1.29, 1.82) is 0 Å². The minimum atomic E-state index is -0.105. The van der Waals surface area contributed by atoms with E-state index in [0.717, 1.165) is 23.7 Å². The molecule has 0 aliphatic carbocycles. The summed E-state index contributed by atoms with van der Waals surface area (Å²) in [4.78, 5) is 14.5. The number of aliphatic hydroxyl groups is 1. The first-order chi connectivity index (χ1) is 9.72. The van der Waals surface area contributed by atoms with Gasteiger partial charge in [0.1, 0.15) is 0 Å². The summed E-state index contributed by atoms with van der Waals surface area (Å²) in [6.07, 6.45) is 2.03. The van der Waals surface area contributed by atoms with Crippen LogP contribution >= 0.6 is 0 Å². The average molecular weight is 273 g/mol. The Morgan fingerprint density at radius 2 is 2.30 bits per heavy atom. The molecule has 106 valence electrons. The number of fused-ring (bicyclic) bond motifs is 1. The number of aliphatic hydroxyl groups excluding tert-OH is 1. The summed E-state index contributed by atoms with van der Waals surface area (Å²) < 4.78 is 0. The number of rotatable bonds is 2. The summed E-state index contributed by atoms with van der Waals surface area (Å²) in [5.74, 6) is 0.232. The number of H-pyrrole nitrogens is 1. The standard InChI is InChI=1S/C15H19N3O2/c1-10-5-4-8-18(13(10)9-19)15(20)14-11-6-2-3-7-12(11)16-17-14/h2-3,6-7,10,13,19H,4-5,8-9H2,1H3,(H,16,17). The lowest BCUT2D eigenvalue weighted by Gasteiger charge is -2.38. The highest BCUT2D eigenvalue weighted by atomic mass is 16.3. The second-order valence-corrected chi connectivity index (χ2v) is 5.49. The number of nitrogens with one attached hydrogen (secondary N) is 1. The number of nitrogens with zero attached hydrogens (tertiary/aromatic N) is 2. The van der Waals surface area contributed by atoms with Crippen molar-refractivity contribution in [3.63, 3.8) is 0 Å². The lowest BCUT2D eigenvalue weighted by Crippen LogP contribution is -2.49. The predicted octanol–water partition coefficient (Wildman–Crippen LogP) is 1.80. The summed E-state index contributed by atoms with van der Waals surface area (Å²) in [6.45, 7) is 2.79. The molecule has 0 saturated carbocycles. The number of piperidine rings is 1. The quantitative estimate of drug-likeness (QED) is 0.876. The van der Waals surface area contributed by atoms with Crippen molar-refractivity contribution >= 4 is 16.8 Å². The van der Waals surface area contributed by atoms with Crippen LogP contribution in [0.5, 0.6) is 0 Å². The number of aromatic nitrogens is 2. The molecule has 5 heteroatoms. The molecule has 1 fully saturated rings. The zero-order valence-corrected chi connectivity index (χ0v) is 11.5. The second kappa shape index (κ2) is 5.25. The number of para-hydroxylation sites is 1. The molecule has 5 nitrogen and oxygen atoms in total. The van der Waals surface area contributed by atoms with Crippen LogP contribution in [0.1, 0.15) is 30.3 Å². The molecule has 1 aliphatic heterocycles. The van der Waals surface area contributed by atoms with E-state index < -0.39 is 0 Å². The van der Waals surface area contributed by atoms with E-state index in [-0.39, 0.29) is 18.6 Å². The Hall–Kier alpha value is -1.88. The van der Waals surface area contributed by atoms with Gasteiger partial charge in [0.05, 0.1) is 18.2 Å². The summed E-state index contributed by atoms with van der Waals surface area (Å²) in [5, 5.41) is 17.5. The van der Waals surface area contributed by atoms with E-state index in [0.29, 0.717) is 18.2 Å². The minimum Gasteiger partial charge on any atom is -0.394 e. The molecular weight excluding hydrogens is 254 g/mol. The molecule has 2 heterocycles. The molecule has 0 radical (unpaired) electrons. The number of benzene rings is 1. The highest BCUT2D eigenvalue weighted by molar-refractivity contribution is 6.04. The molecule has 1 aliphatic rings. The lowest BCUT2D eigenvalue weighted by molar-refractivity contribution is 0.0355. The Labute approximate surface area is 117 Å². The summed E-state index contributed by atoms with van der Waals surface area (Å²) in [5.41, 5.74) is 1.31. The van der Waals surface area contributed by atoms with Crippen LogP contribution in [0.2, 0.25) is 0 Å². The molecule has 3 rings (SSSR count). The van der Waals surface area contributed by atoms with Gasteiger partial charge in [0, 0.05) is 11.9 Å². The molecule has 1 aromatic carbocycles. The number of aromatic amines is 1. The Balaban J connectivity index is 1.95. The number of carbonyl (C=O) groups is 1. The van der Waals surface area contributed by atoms with Gasteiger partial charge in [-0.25, -0.2) is 0 Å². The van der Waals surface area contributed by atoms with Crippen LogP contribution in [-0.4, -0.2) is 45.3 Å². The maximum atomic E-state index is 12.7. The SMILES string of the molecule is CC1CCCN(C(=O)c2n[nH]c3ccccc23)C1CO. The summed E-state index contributed by atoms with van der Waals surface area (Å²) in [7, 11) is 0. The molecule has 2 aromatic rings. The maximum Gasteiger partial charge on any atom is 0.275 e. The Kier molecular flexibility index (Phi) is 3.44. The number of amides is 1. The van der Waals surface area contributed by atoms with Gasteiger partial charge in [0.15, 0.2) is 5.69 Å². The monoisotopic (exact) mass is 273 g/mol. The van der Waals surface area contributed by atoms with Crippen molar-refractivity contribution in [3.05, 3.63) is 30.0 Å².